The molecule has 0 spiro atoms. The Bertz CT molecular complexity index is 490. The maximum absolute atomic E-state index is 4.33. The molecule has 0 unspecified atom stereocenters. The average molecular weight is 203 g/mol. The first kappa shape index (κ1) is 8.05. The Morgan fingerprint density at radius 1 is 1.29 bits per heavy atom. The molecule has 70 valence electrons. The zero-order valence-electron chi connectivity index (χ0n) is 7.51. The normalized spacial score (nSPS) is 13.5. The van der Waals surface area contributed by atoms with E-state index in [1.807, 2.05) is 10.6 Å². The van der Waals surface area contributed by atoms with Gasteiger partial charge in [-0.3, -0.25) is 4.57 Å². The summed E-state index contributed by atoms with van der Waals surface area (Å²) in [6.45, 7) is 0. The van der Waals surface area contributed by atoms with Crippen molar-refractivity contribution in [3.8, 4) is 5.69 Å². The minimum absolute atomic E-state index is 0.963. The second-order valence-corrected chi connectivity index (χ2v) is 3.95. The molecule has 3 nitrogen and oxygen atoms in total. The van der Waals surface area contributed by atoms with E-state index in [4.69, 9.17) is 0 Å². The van der Waals surface area contributed by atoms with Crippen LogP contribution in [-0.4, -0.2) is 14.8 Å². The molecule has 1 aliphatic rings. The van der Waals surface area contributed by atoms with Crippen LogP contribution >= 0.6 is 12.6 Å². The Morgan fingerprint density at radius 2 is 2.21 bits per heavy atom. The molecule has 0 atom stereocenters. The number of thiol groups is 1. The summed E-state index contributed by atoms with van der Waals surface area (Å²) >= 11 is 4.33. The van der Waals surface area contributed by atoms with E-state index in [0.717, 1.165) is 23.6 Å². The zero-order chi connectivity index (χ0) is 9.54. The third-order valence-electron chi connectivity index (χ3n) is 2.56. The number of hydrogen-bond donors (Lipinski definition) is 1. The van der Waals surface area contributed by atoms with Crippen LogP contribution in [0.25, 0.3) is 5.69 Å². The van der Waals surface area contributed by atoms with E-state index in [0.29, 0.717) is 0 Å². The van der Waals surface area contributed by atoms with Crippen LogP contribution in [-0.2, 0) is 12.8 Å². The Balaban J connectivity index is 2.26. The molecule has 0 amide bonds. The van der Waals surface area contributed by atoms with Crippen LogP contribution in [0, 0.1) is 0 Å². The number of hydrogen-bond acceptors (Lipinski definition) is 3. The van der Waals surface area contributed by atoms with E-state index in [9.17, 15) is 0 Å². The SMILES string of the molecule is Sc1ccc2c(c1)CCc1nncn1-2. The highest BCUT2D eigenvalue weighted by atomic mass is 32.1. The zero-order valence-corrected chi connectivity index (χ0v) is 8.41. The fraction of sp³-hybridized carbons (Fsp3) is 0.200. The third kappa shape index (κ3) is 1.07. The van der Waals surface area contributed by atoms with Crippen molar-refractivity contribution < 1.29 is 0 Å². The van der Waals surface area contributed by atoms with Crippen molar-refractivity contribution >= 4 is 12.6 Å². The highest BCUT2D eigenvalue weighted by Crippen LogP contribution is 2.25. The smallest absolute Gasteiger partial charge is 0.137 e. The molecule has 1 aliphatic heterocycles. The van der Waals surface area contributed by atoms with Gasteiger partial charge in [0.2, 0.25) is 0 Å². The largest absolute Gasteiger partial charge is 0.285 e. The summed E-state index contributed by atoms with van der Waals surface area (Å²) in [5.74, 6) is 1.05. The molecule has 0 N–H and O–H groups in total. The minimum Gasteiger partial charge on any atom is -0.285 e. The second kappa shape index (κ2) is 2.85. The van der Waals surface area contributed by atoms with Crippen molar-refractivity contribution in [3.63, 3.8) is 0 Å². The first-order valence-electron chi connectivity index (χ1n) is 4.56. The summed E-state index contributed by atoms with van der Waals surface area (Å²) in [5, 5.41) is 7.99. The van der Waals surface area contributed by atoms with Crippen molar-refractivity contribution in [1.82, 2.24) is 14.8 Å². The van der Waals surface area contributed by atoms with Crippen molar-refractivity contribution in [1.29, 1.82) is 0 Å². The van der Waals surface area contributed by atoms with Crippen LogP contribution in [0.15, 0.2) is 29.4 Å². The Hall–Kier alpha value is -1.29. The van der Waals surface area contributed by atoms with Crippen LogP contribution in [0.4, 0.5) is 0 Å². The molecule has 0 aliphatic carbocycles. The van der Waals surface area contributed by atoms with Crippen molar-refractivity contribution in [2.45, 2.75) is 17.7 Å². The van der Waals surface area contributed by atoms with Crippen molar-refractivity contribution in [2.24, 2.45) is 0 Å². The highest BCUT2D eigenvalue weighted by molar-refractivity contribution is 7.80. The first-order valence-corrected chi connectivity index (χ1v) is 5.00. The summed E-state index contributed by atoms with van der Waals surface area (Å²) < 4.78 is 2.05. The van der Waals surface area contributed by atoms with Crippen molar-refractivity contribution in [3.05, 3.63) is 35.9 Å². The molecule has 1 aromatic carbocycles. The third-order valence-corrected chi connectivity index (χ3v) is 2.84. The molecule has 2 aromatic rings. The number of benzene rings is 1. The number of fused-ring (bicyclic) bond motifs is 3. The number of aryl methyl sites for hydroxylation is 2. The van der Waals surface area contributed by atoms with E-state index in [-0.39, 0.29) is 0 Å². The molecule has 1 aromatic heterocycles. The number of aromatic nitrogens is 3. The van der Waals surface area contributed by atoms with Gasteiger partial charge in [0.05, 0.1) is 5.69 Å². The maximum atomic E-state index is 4.33. The van der Waals surface area contributed by atoms with Crippen LogP contribution in [0.1, 0.15) is 11.4 Å². The standard InChI is InChI=1S/C10H9N3S/c14-8-2-3-9-7(5-8)1-4-10-12-11-6-13(9)10/h2-3,5-6,14H,1,4H2. The summed E-state index contributed by atoms with van der Waals surface area (Å²) in [6, 6.07) is 6.18. The van der Waals surface area contributed by atoms with Gasteiger partial charge in [-0.25, -0.2) is 0 Å². The fourth-order valence-electron chi connectivity index (χ4n) is 1.88. The van der Waals surface area contributed by atoms with Crippen LogP contribution in [0.2, 0.25) is 0 Å². The van der Waals surface area contributed by atoms with Gasteiger partial charge in [0.15, 0.2) is 0 Å². The Morgan fingerprint density at radius 3 is 3.14 bits per heavy atom. The molecule has 0 bridgehead atoms. The highest BCUT2D eigenvalue weighted by Gasteiger charge is 2.16. The van der Waals surface area contributed by atoms with Crippen LogP contribution in [0.5, 0.6) is 0 Å². The molecule has 4 heteroatoms. The Kier molecular flexibility index (Phi) is 1.64. The van der Waals surface area contributed by atoms with Gasteiger partial charge >= 0.3 is 0 Å². The van der Waals surface area contributed by atoms with Gasteiger partial charge in [0, 0.05) is 11.3 Å². The van der Waals surface area contributed by atoms with E-state index >= 15 is 0 Å². The van der Waals surface area contributed by atoms with Gasteiger partial charge in [-0.15, -0.1) is 22.8 Å². The van der Waals surface area contributed by atoms with E-state index in [1.54, 1.807) is 6.33 Å². The van der Waals surface area contributed by atoms with Crippen LogP contribution in [0.3, 0.4) is 0 Å². The summed E-state index contributed by atoms with van der Waals surface area (Å²) in [4.78, 5) is 1.01. The van der Waals surface area contributed by atoms with Gasteiger partial charge in [0.1, 0.15) is 12.2 Å². The monoisotopic (exact) mass is 203 g/mol. The number of nitrogens with zero attached hydrogens (tertiary/aromatic N) is 3. The number of rotatable bonds is 0. The van der Waals surface area contributed by atoms with Gasteiger partial charge < -0.3 is 0 Å². The van der Waals surface area contributed by atoms with Gasteiger partial charge in [0.25, 0.3) is 0 Å². The summed E-state index contributed by atoms with van der Waals surface area (Å²) in [7, 11) is 0. The Labute approximate surface area is 87.2 Å². The summed E-state index contributed by atoms with van der Waals surface area (Å²) in [5.41, 5.74) is 2.51. The second-order valence-electron chi connectivity index (χ2n) is 3.43. The molecule has 3 rings (SSSR count). The lowest BCUT2D eigenvalue weighted by Crippen LogP contribution is -2.11. The molecular weight excluding hydrogens is 194 g/mol. The van der Waals surface area contributed by atoms with E-state index in [1.165, 1.54) is 11.3 Å². The predicted octanol–water partition coefficient (Wildman–Crippen LogP) is 1.65. The maximum Gasteiger partial charge on any atom is 0.137 e. The van der Waals surface area contributed by atoms with Gasteiger partial charge in [-0.1, -0.05) is 0 Å². The molecule has 0 saturated carbocycles. The lowest BCUT2D eigenvalue weighted by molar-refractivity contribution is 0.772. The molecule has 2 heterocycles. The van der Waals surface area contributed by atoms with E-state index < -0.39 is 0 Å². The molecule has 14 heavy (non-hydrogen) atoms. The fourth-order valence-corrected chi connectivity index (χ4v) is 2.11. The summed E-state index contributed by atoms with van der Waals surface area (Å²) in [6.07, 6.45) is 3.76. The quantitative estimate of drug-likeness (QED) is 0.660. The molecule has 0 fully saturated rings. The lowest BCUT2D eigenvalue weighted by atomic mass is 10.0. The van der Waals surface area contributed by atoms with Gasteiger partial charge in [-0.05, 0) is 30.2 Å². The van der Waals surface area contributed by atoms with Gasteiger partial charge in [-0.2, -0.15) is 0 Å². The average Bonchev–Trinajstić information content (AvgIpc) is 2.65. The first-order chi connectivity index (χ1) is 6.84. The molecular formula is C10H9N3S. The van der Waals surface area contributed by atoms with Crippen LogP contribution < -0.4 is 0 Å². The predicted molar refractivity (Wildman–Crippen MR) is 56.0 cm³/mol. The van der Waals surface area contributed by atoms with E-state index in [2.05, 4.69) is 35.0 Å². The minimum atomic E-state index is 0.963. The topological polar surface area (TPSA) is 30.7 Å². The molecule has 0 radical (unpaired) electrons. The van der Waals surface area contributed by atoms with Crippen molar-refractivity contribution in [2.75, 3.05) is 0 Å². The lowest BCUT2D eigenvalue weighted by Gasteiger charge is -2.17. The molecule has 0 saturated heterocycles.